The Morgan fingerprint density at radius 1 is 1.42 bits per heavy atom. The Morgan fingerprint density at radius 2 is 2.11 bits per heavy atom. The molecule has 3 N–H and O–H groups in total. The van der Waals surface area contributed by atoms with Crippen LogP contribution in [-0.4, -0.2) is 25.8 Å². The number of hydrogen-bond donors (Lipinski definition) is 2. The molecule has 0 saturated heterocycles. The van der Waals surface area contributed by atoms with Crippen LogP contribution in [0.15, 0.2) is 30.3 Å². The van der Waals surface area contributed by atoms with E-state index in [4.69, 9.17) is 5.84 Å². The molecular formula is C14H23N3O2. The summed E-state index contributed by atoms with van der Waals surface area (Å²) in [6, 6.07) is 9.67. The molecule has 1 aromatic rings. The van der Waals surface area contributed by atoms with E-state index in [0.717, 1.165) is 24.9 Å². The predicted octanol–water partition coefficient (Wildman–Crippen LogP) is 2.28. The van der Waals surface area contributed by atoms with E-state index in [1.54, 1.807) is 5.01 Å². The van der Waals surface area contributed by atoms with E-state index in [0.29, 0.717) is 6.54 Å². The summed E-state index contributed by atoms with van der Waals surface area (Å²) in [7, 11) is 1.36. The van der Waals surface area contributed by atoms with Crippen LogP contribution < -0.4 is 16.2 Å². The summed E-state index contributed by atoms with van der Waals surface area (Å²) < 4.78 is 4.64. The van der Waals surface area contributed by atoms with Crippen molar-refractivity contribution in [2.45, 2.75) is 32.2 Å². The van der Waals surface area contributed by atoms with Crippen LogP contribution in [0.3, 0.4) is 0 Å². The molecule has 19 heavy (non-hydrogen) atoms. The van der Waals surface area contributed by atoms with Crippen molar-refractivity contribution in [3.63, 3.8) is 0 Å². The van der Waals surface area contributed by atoms with E-state index < -0.39 is 6.09 Å². The summed E-state index contributed by atoms with van der Waals surface area (Å²) in [6.45, 7) is 2.67. The van der Waals surface area contributed by atoms with Crippen LogP contribution in [0.25, 0.3) is 0 Å². The maximum Gasteiger partial charge on any atom is 0.407 e. The van der Waals surface area contributed by atoms with Crippen LogP contribution in [0.2, 0.25) is 0 Å². The maximum absolute atomic E-state index is 11.3. The largest absolute Gasteiger partial charge is 0.453 e. The molecule has 0 aliphatic heterocycles. The number of hydrazine groups is 1. The smallest absolute Gasteiger partial charge is 0.407 e. The van der Waals surface area contributed by atoms with E-state index in [1.165, 1.54) is 7.11 Å². The zero-order valence-electron chi connectivity index (χ0n) is 11.6. The zero-order valence-corrected chi connectivity index (χ0v) is 11.6. The molecule has 0 radical (unpaired) electrons. The standard InChI is InChI=1S/C14H23N3O2/c1-3-4-8-12(16-14(18)19-2)11-17(15)13-9-6-5-7-10-13/h5-7,9-10,12H,3-4,8,11,15H2,1-2H3,(H,16,18). The number of ether oxygens (including phenoxy) is 1. The molecule has 1 amide bonds. The lowest BCUT2D eigenvalue weighted by atomic mass is 10.1. The number of hydrogen-bond acceptors (Lipinski definition) is 4. The van der Waals surface area contributed by atoms with Gasteiger partial charge in [-0.05, 0) is 18.6 Å². The third-order valence-electron chi connectivity index (χ3n) is 2.92. The van der Waals surface area contributed by atoms with Gasteiger partial charge in [-0.3, -0.25) is 0 Å². The predicted molar refractivity (Wildman–Crippen MR) is 76.8 cm³/mol. The van der Waals surface area contributed by atoms with Crippen molar-refractivity contribution in [2.24, 2.45) is 5.84 Å². The number of amides is 1. The Labute approximate surface area is 114 Å². The van der Waals surface area contributed by atoms with Gasteiger partial charge in [-0.15, -0.1) is 0 Å². The summed E-state index contributed by atoms with van der Waals surface area (Å²) in [5, 5.41) is 4.47. The van der Waals surface area contributed by atoms with Gasteiger partial charge in [0.25, 0.3) is 0 Å². The highest BCUT2D eigenvalue weighted by Gasteiger charge is 2.15. The van der Waals surface area contributed by atoms with Gasteiger partial charge in [0, 0.05) is 0 Å². The molecular weight excluding hydrogens is 242 g/mol. The van der Waals surface area contributed by atoms with Crippen molar-refractivity contribution in [3.05, 3.63) is 30.3 Å². The Kier molecular flexibility index (Phi) is 6.74. The summed E-state index contributed by atoms with van der Waals surface area (Å²) in [5.74, 6) is 6.03. The molecule has 0 aliphatic rings. The average Bonchev–Trinajstić information content (AvgIpc) is 2.45. The number of benzene rings is 1. The normalized spacial score (nSPS) is 11.7. The second-order valence-electron chi connectivity index (χ2n) is 4.46. The van der Waals surface area contributed by atoms with Gasteiger partial charge in [0.05, 0.1) is 25.4 Å². The molecule has 0 fully saturated rings. The number of unbranched alkanes of at least 4 members (excludes halogenated alkanes) is 1. The van der Waals surface area contributed by atoms with Crippen molar-refractivity contribution in [3.8, 4) is 0 Å². The third kappa shape index (κ3) is 5.61. The fourth-order valence-corrected chi connectivity index (χ4v) is 1.85. The fraction of sp³-hybridized carbons (Fsp3) is 0.500. The molecule has 106 valence electrons. The summed E-state index contributed by atoms with van der Waals surface area (Å²) in [4.78, 5) is 11.3. The molecule has 1 unspecified atom stereocenters. The molecule has 1 aromatic carbocycles. The third-order valence-corrected chi connectivity index (χ3v) is 2.92. The van der Waals surface area contributed by atoms with Crippen molar-refractivity contribution < 1.29 is 9.53 Å². The fourth-order valence-electron chi connectivity index (χ4n) is 1.85. The number of alkyl carbamates (subject to hydrolysis) is 1. The van der Waals surface area contributed by atoms with E-state index >= 15 is 0 Å². The molecule has 0 aromatic heterocycles. The topological polar surface area (TPSA) is 67.6 Å². The van der Waals surface area contributed by atoms with Crippen molar-refractivity contribution in [2.75, 3.05) is 18.7 Å². The minimum Gasteiger partial charge on any atom is -0.453 e. The first-order valence-corrected chi connectivity index (χ1v) is 6.59. The Hall–Kier alpha value is -1.75. The molecule has 1 atom stereocenters. The lowest BCUT2D eigenvalue weighted by molar-refractivity contribution is 0.166. The first kappa shape index (κ1) is 15.3. The highest BCUT2D eigenvalue weighted by molar-refractivity contribution is 5.67. The number of carbonyl (C=O) groups excluding carboxylic acids is 1. The van der Waals surface area contributed by atoms with Crippen LogP contribution >= 0.6 is 0 Å². The van der Waals surface area contributed by atoms with Gasteiger partial charge in [-0.25, -0.2) is 10.6 Å². The van der Waals surface area contributed by atoms with Crippen LogP contribution in [0.4, 0.5) is 10.5 Å². The molecule has 0 aliphatic carbocycles. The summed E-state index contributed by atoms with van der Waals surface area (Å²) in [5.41, 5.74) is 0.927. The van der Waals surface area contributed by atoms with Crippen molar-refractivity contribution >= 4 is 11.8 Å². The number of anilines is 1. The molecule has 0 heterocycles. The quantitative estimate of drug-likeness (QED) is 0.586. The Balaban J connectivity index is 2.57. The molecule has 5 heteroatoms. The van der Waals surface area contributed by atoms with Crippen LogP contribution in [0.5, 0.6) is 0 Å². The van der Waals surface area contributed by atoms with Gasteiger partial charge in [-0.1, -0.05) is 38.0 Å². The molecule has 1 rings (SSSR count). The van der Waals surface area contributed by atoms with Crippen molar-refractivity contribution in [1.82, 2.24) is 5.32 Å². The first-order chi connectivity index (χ1) is 9.17. The number of methoxy groups -OCH3 is 1. The molecule has 5 nitrogen and oxygen atoms in total. The van der Waals surface area contributed by atoms with Crippen LogP contribution in [0.1, 0.15) is 26.2 Å². The molecule has 0 spiro atoms. The van der Waals surface area contributed by atoms with Gasteiger partial charge in [0.15, 0.2) is 0 Å². The lowest BCUT2D eigenvalue weighted by Crippen LogP contribution is -2.46. The number of para-hydroxylation sites is 1. The van der Waals surface area contributed by atoms with Gasteiger partial charge in [0.1, 0.15) is 0 Å². The van der Waals surface area contributed by atoms with E-state index in [9.17, 15) is 4.79 Å². The average molecular weight is 265 g/mol. The number of nitrogens with one attached hydrogen (secondary N) is 1. The zero-order chi connectivity index (χ0) is 14.1. The van der Waals surface area contributed by atoms with Gasteiger partial charge >= 0.3 is 6.09 Å². The van der Waals surface area contributed by atoms with Crippen molar-refractivity contribution in [1.29, 1.82) is 0 Å². The number of rotatable bonds is 7. The van der Waals surface area contributed by atoms with Gasteiger partial charge in [-0.2, -0.15) is 0 Å². The molecule has 0 bridgehead atoms. The maximum atomic E-state index is 11.3. The number of nitrogens with two attached hydrogens (primary N) is 1. The monoisotopic (exact) mass is 265 g/mol. The second-order valence-corrected chi connectivity index (χ2v) is 4.46. The van der Waals surface area contributed by atoms with E-state index in [2.05, 4.69) is 17.0 Å². The number of carbonyl (C=O) groups is 1. The van der Waals surface area contributed by atoms with Gasteiger partial charge < -0.3 is 15.1 Å². The lowest BCUT2D eigenvalue weighted by Gasteiger charge is -2.25. The molecule has 0 saturated carbocycles. The van der Waals surface area contributed by atoms with Gasteiger partial charge in [0.2, 0.25) is 0 Å². The minimum absolute atomic E-state index is 0.0161. The van der Waals surface area contributed by atoms with E-state index in [-0.39, 0.29) is 6.04 Å². The summed E-state index contributed by atoms with van der Waals surface area (Å²) in [6.07, 6.45) is 2.58. The first-order valence-electron chi connectivity index (χ1n) is 6.59. The highest BCUT2D eigenvalue weighted by atomic mass is 16.5. The second kappa shape index (κ2) is 8.37. The minimum atomic E-state index is -0.414. The van der Waals surface area contributed by atoms with Crippen LogP contribution in [0, 0.1) is 0 Å². The summed E-state index contributed by atoms with van der Waals surface area (Å²) >= 11 is 0. The highest BCUT2D eigenvalue weighted by Crippen LogP contribution is 2.11. The SMILES string of the molecule is CCCCC(CN(N)c1ccccc1)NC(=O)OC. The Morgan fingerprint density at radius 3 is 2.68 bits per heavy atom. The van der Waals surface area contributed by atoms with Crippen LogP contribution in [-0.2, 0) is 4.74 Å². The number of nitrogens with zero attached hydrogens (tertiary/aromatic N) is 1. The van der Waals surface area contributed by atoms with E-state index in [1.807, 2.05) is 30.3 Å². The Bertz CT molecular complexity index is 370.